The maximum Gasteiger partial charge on any atom is 0.339 e. The van der Waals surface area contributed by atoms with E-state index < -0.39 is 5.97 Å². The first-order chi connectivity index (χ1) is 9.99. The smallest absolute Gasteiger partial charge is 0.339 e. The minimum atomic E-state index is -0.473. The van der Waals surface area contributed by atoms with E-state index in [0.29, 0.717) is 11.1 Å². The minimum absolute atomic E-state index is 0.185. The second kappa shape index (κ2) is 6.85. The van der Waals surface area contributed by atoms with Crippen LogP contribution in [0, 0.1) is 17.4 Å². The molecule has 0 aromatic heterocycles. The quantitative estimate of drug-likeness (QED) is 0.448. The van der Waals surface area contributed by atoms with E-state index >= 15 is 0 Å². The Labute approximate surface area is 137 Å². The van der Waals surface area contributed by atoms with Crippen molar-refractivity contribution in [3.63, 3.8) is 0 Å². The van der Waals surface area contributed by atoms with Crippen molar-refractivity contribution in [2.75, 3.05) is 6.61 Å². The molecule has 0 fully saturated rings. The van der Waals surface area contributed by atoms with Crippen LogP contribution in [0.3, 0.4) is 0 Å². The summed E-state index contributed by atoms with van der Waals surface area (Å²) in [6.45, 7) is 3.55. The molecule has 3 nitrogen and oxygen atoms in total. The van der Waals surface area contributed by atoms with Crippen molar-refractivity contribution in [1.29, 1.82) is 0 Å². The number of carbonyl (C=O) groups is 2. The topological polar surface area (TPSA) is 43.4 Å². The van der Waals surface area contributed by atoms with Gasteiger partial charge in [-0.15, -0.1) is 0 Å². The van der Waals surface area contributed by atoms with Crippen LogP contribution in [-0.2, 0) is 4.74 Å². The van der Waals surface area contributed by atoms with Gasteiger partial charge in [0.25, 0.3) is 0 Å². The summed E-state index contributed by atoms with van der Waals surface area (Å²) in [5, 5.41) is 0. The summed E-state index contributed by atoms with van der Waals surface area (Å²) in [5.74, 6) is -0.658. The Morgan fingerprint density at radius 1 is 1.05 bits per heavy atom. The zero-order chi connectivity index (χ0) is 15.4. The van der Waals surface area contributed by atoms with Crippen molar-refractivity contribution in [2.24, 2.45) is 0 Å². The van der Waals surface area contributed by atoms with E-state index in [4.69, 9.17) is 4.74 Å². The molecule has 21 heavy (non-hydrogen) atoms. The van der Waals surface area contributed by atoms with Gasteiger partial charge >= 0.3 is 5.97 Å². The third-order valence-corrected chi connectivity index (χ3v) is 4.06. The standard InChI is InChI=1S/C17H15IO3/c1-11-7-8-12(2)14(9-11)16(19)10-21-17(20)13-5-3-4-6-15(13)18/h3-9H,10H2,1-2H3. The van der Waals surface area contributed by atoms with Crippen molar-refractivity contribution in [3.8, 4) is 0 Å². The predicted octanol–water partition coefficient (Wildman–Crippen LogP) is 3.95. The number of hydrogen-bond acceptors (Lipinski definition) is 3. The molecule has 0 spiro atoms. The molecule has 0 aliphatic rings. The SMILES string of the molecule is Cc1ccc(C)c(C(=O)COC(=O)c2ccccc2I)c1. The molecule has 4 heteroatoms. The summed E-state index contributed by atoms with van der Waals surface area (Å²) in [6, 6.07) is 12.8. The average Bonchev–Trinajstić information content (AvgIpc) is 2.47. The van der Waals surface area contributed by atoms with Gasteiger partial charge in [-0.3, -0.25) is 4.79 Å². The maximum atomic E-state index is 12.2. The van der Waals surface area contributed by atoms with Gasteiger partial charge in [0.05, 0.1) is 5.56 Å². The van der Waals surface area contributed by atoms with Crippen LogP contribution in [0.1, 0.15) is 31.8 Å². The van der Waals surface area contributed by atoms with Crippen LogP contribution in [0.4, 0.5) is 0 Å². The van der Waals surface area contributed by atoms with Crippen LogP contribution >= 0.6 is 22.6 Å². The molecule has 2 aromatic carbocycles. The van der Waals surface area contributed by atoms with E-state index in [1.807, 2.05) is 44.2 Å². The lowest BCUT2D eigenvalue weighted by Gasteiger charge is -2.08. The number of aryl methyl sites for hydroxylation is 2. The highest BCUT2D eigenvalue weighted by Crippen LogP contribution is 2.14. The molecule has 0 heterocycles. The van der Waals surface area contributed by atoms with E-state index in [2.05, 4.69) is 22.6 Å². The first kappa shape index (κ1) is 15.7. The largest absolute Gasteiger partial charge is 0.454 e. The van der Waals surface area contributed by atoms with Crippen LogP contribution in [0.15, 0.2) is 42.5 Å². The lowest BCUT2D eigenvalue weighted by Crippen LogP contribution is -2.16. The number of esters is 1. The van der Waals surface area contributed by atoms with E-state index in [-0.39, 0.29) is 12.4 Å². The molecular formula is C17H15IO3. The lowest BCUT2D eigenvalue weighted by atomic mass is 10.0. The van der Waals surface area contributed by atoms with Gasteiger partial charge in [-0.05, 0) is 60.2 Å². The normalized spacial score (nSPS) is 10.2. The molecule has 0 amide bonds. The fourth-order valence-electron chi connectivity index (χ4n) is 1.95. The Bertz CT molecular complexity index is 692. The Hall–Kier alpha value is -1.69. The summed E-state index contributed by atoms with van der Waals surface area (Å²) in [7, 11) is 0. The molecule has 2 aromatic rings. The number of rotatable bonds is 4. The number of carbonyl (C=O) groups excluding carboxylic acids is 2. The molecule has 0 aliphatic heterocycles. The summed E-state index contributed by atoms with van der Waals surface area (Å²) in [6.07, 6.45) is 0. The van der Waals surface area contributed by atoms with Crippen LogP contribution in [-0.4, -0.2) is 18.4 Å². The third kappa shape index (κ3) is 3.91. The van der Waals surface area contributed by atoms with Crippen LogP contribution in [0.25, 0.3) is 0 Å². The van der Waals surface area contributed by atoms with Crippen LogP contribution in [0.5, 0.6) is 0 Å². The van der Waals surface area contributed by atoms with Crippen molar-refractivity contribution in [1.82, 2.24) is 0 Å². The lowest BCUT2D eigenvalue weighted by molar-refractivity contribution is 0.0473. The van der Waals surface area contributed by atoms with E-state index in [9.17, 15) is 9.59 Å². The number of ketones is 1. The van der Waals surface area contributed by atoms with Gasteiger partial charge in [0.1, 0.15) is 0 Å². The fourth-order valence-corrected chi connectivity index (χ4v) is 2.56. The van der Waals surface area contributed by atoms with Crippen molar-refractivity contribution in [3.05, 3.63) is 68.3 Å². The second-order valence-corrected chi connectivity index (χ2v) is 5.96. The highest BCUT2D eigenvalue weighted by Gasteiger charge is 2.15. The van der Waals surface area contributed by atoms with Gasteiger partial charge in [0.2, 0.25) is 5.78 Å². The summed E-state index contributed by atoms with van der Waals surface area (Å²) in [5.41, 5.74) is 2.97. The summed E-state index contributed by atoms with van der Waals surface area (Å²) in [4.78, 5) is 24.1. The number of Topliss-reactive ketones (excluding diaryl/α,β-unsaturated/α-hetero) is 1. The molecule has 0 aliphatic carbocycles. The molecule has 0 atom stereocenters. The Balaban J connectivity index is 2.06. The zero-order valence-electron chi connectivity index (χ0n) is 11.9. The van der Waals surface area contributed by atoms with Crippen LogP contribution in [0.2, 0.25) is 0 Å². The first-order valence-corrected chi connectivity index (χ1v) is 7.59. The molecule has 0 saturated carbocycles. The highest BCUT2D eigenvalue weighted by atomic mass is 127. The molecular weight excluding hydrogens is 379 g/mol. The van der Waals surface area contributed by atoms with Crippen molar-refractivity contribution >= 4 is 34.3 Å². The zero-order valence-corrected chi connectivity index (χ0v) is 14.0. The molecule has 0 N–H and O–H groups in total. The van der Waals surface area contributed by atoms with Crippen molar-refractivity contribution in [2.45, 2.75) is 13.8 Å². The third-order valence-electron chi connectivity index (χ3n) is 3.12. The summed E-state index contributed by atoms with van der Waals surface area (Å²) >= 11 is 2.07. The number of hydrogen-bond donors (Lipinski definition) is 0. The van der Waals surface area contributed by atoms with Gasteiger partial charge in [-0.2, -0.15) is 0 Å². The highest BCUT2D eigenvalue weighted by molar-refractivity contribution is 14.1. The molecule has 0 saturated heterocycles. The predicted molar refractivity (Wildman–Crippen MR) is 89.7 cm³/mol. The van der Waals surface area contributed by atoms with Gasteiger partial charge < -0.3 is 4.74 Å². The summed E-state index contributed by atoms with van der Waals surface area (Å²) < 4.78 is 5.93. The number of halogens is 1. The van der Waals surface area contributed by atoms with E-state index in [1.54, 1.807) is 12.1 Å². The molecule has 2 rings (SSSR count). The van der Waals surface area contributed by atoms with Gasteiger partial charge in [0, 0.05) is 9.13 Å². The van der Waals surface area contributed by atoms with Crippen LogP contribution < -0.4 is 0 Å². The van der Waals surface area contributed by atoms with Gasteiger partial charge in [0.15, 0.2) is 6.61 Å². The average molecular weight is 394 g/mol. The van der Waals surface area contributed by atoms with Gasteiger partial charge in [-0.25, -0.2) is 4.79 Å². The molecule has 0 unspecified atom stereocenters. The molecule has 0 bridgehead atoms. The van der Waals surface area contributed by atoms with E-state index in [0.717, 1.165) is 14.7 Å². The first-order valence-electron chi connectivity index (χ1n) is 6.51. The number of ether oxygens (including phenoxy) is 1. The Kier molecular flexibility index (Phi) is 5.12. The molecule has 0 radical (unpaired) electrons. The number of benzene rings is 2. The monoisotopic (exact) mass is 394 g/mol. The fraction of sp³-hybridized carbons (Fsp3) is 0.176. The van der Waals surface area contributed by atoms with E-state index in [1.165, 1.54) is 0 Å². The minimum Gasteiger partial charge on any atom is -0.454 e. The second-order valence-electron chi connectivity index (χ2n) is 4.80. The van der Waals surface area contributed by atoms with Gasteiger partial charge in [-0.1, -0.05) is 29.8 Å². The Morgan fingerprint density at radius 2 is 1.76 bits per heavy atom. The Morgan fingerprint density at radius 3 is 2.48 bits per heavy atom. The molecule has 108 valence electrons. The van der Waals surface area contributed by atoms with Crippen molar-refractivity contribution < 1.29 is 14.3 Å². The maximum absolute atomic E-state index is 12.2.